The third-order valence-electron chi connectivity index (χ3n) is 5.42. The van der Waals surface area contributed by atoms with Gasteiger partial charge in [0, 0.05) is 22.8 Å². The van der Waals surface area contributed by atoms with Crippen LogP contribution in [0.4, 0.5) is 5.13 Å². The summed E-state index contributed by atoms with van der Waals surface area (Å²) in [7, 11) is 0. The van der Waals surface area contributed by atoms with Crippen molar-refractivity contribution in [3.63, 3.8) is 0 Å². The van der Waals surface area contributed by atoms with Gasteiger partial charge >= 0.3 is 11.9 Å². The van der Waals surface area contributed by atoms with E-state index in [0.717, 1.165) is 16.2 Å². The molecule has 0 unspecified atom stereocenters. The molecule has 37 heavy (non-hydrogen) atoms. The zero-order chi connectivity index (χ0) is 26.9. The monoisotopic (exact) mass is 548 g/mol. The van der Waals surface area contributed by atoms with Gasteiger partial charge in [-0.3, -0.25) is 14.5 Å². The van der Waals surface area contributed by atoms with E-state index in [0.29, 0.717) is 11.3 Å². The fraction of sp³-hybridized carbons (Fsp3) is 0.333. The van der Waals surface area contributed by atoms with Crippen molar-refractivity contribution in [3.05, 3.63) is 46.9 Å². The highest BCUT2D eigenvalue weighted by Crippen LogP contribution is 2.40. The minimum atomic E-state index is -1.75. The van der Waals surface area contributed by atoms with E-state index in [1.165, 1.54) is 31.0 Å². The van der Waals surface area contributed by atoms with Gasteiger partial charge in [0.25, 0.3) is 11.8 Å². The minimum absolute atomic E-state index is 0.0295. The maximum atomic E-state index is 13.1. The number of nitrogens with two attached hydrogens (primary N) is 1. The number of thioether (sulfide) groups is 1. The molecule has 194 valence electrons. The maximum Gasteiger partial charge on any atom is 0.352 e. The number of carbonyl (C=O) groups excluding carboxylic acids is 2. The molecule has 16 heteroatoms. The summed E-state index contributed by atoms with van der Waals surface area (Å²) < 4.78 is 1.56. The second-order valence-corrected chi connectivity index (χ2v) is 10.4. The average Bonchev–Trinajstić information content (AvgIpc) is 3.28. The van der Waals surface area contributed by atoms with Crippen molar-refractivity contribution in [3.8, 4) is 0 Å². The van der Waals surface area contributed by atoms with Crippen molar-refractivity contribution >= 4 is 57.7 Å². The third-order valence-corrected chi connectivity index (χ3v) is 7.43. The second-order valence-electron chi connectivity index (χ2n) is 8.43. The maximum absolute atomic E-state index is 13.1. The number of rotatable bonds is 9. The van der Waals surface area contributed by atoms with E-state index >= 15 is 0 Å². The molecule has 14 nitrogen and oxygen atoms in total. The molecule has 2 aliphatic rings. The first-order chi connectivity index (χ1) is 17.5. The van der Waals surface area contributed by atoms with Crippen molar-refractivity contribution in [1.82, 2.24) is 20.3 Å². The largest absolute Gasteiger partial charge is 0.478 e. The Balaban J connectivity index is 1.55. The van der Waals surface area contributed by atoms with Crippen LogP contribution in [0.5, 0.6) is 0 Å². The van der Waals surface area contributed by atoms with Crippen LogP contribution in [0.25, 0.3) is 0 Å². The van der Waals surface area contributed by atoms with Crippen molar-refractivity contribution in [2.45, 2.75) is 37.4 Å². The van der Waals surface area contributed by atoms with Crippen LogP contribution < -0.4 is 15.7 Å². The summed E-state index contributed by atoms with van der Waals surface area (Å²) in [5.41, 5.74) is 3.91. The van der Waals surface area contributed by atoms with Crippen LogP contribution >= 0.6 is 23.1 Å². The molecule has 0 bridgehead atoms. The Labute approximate surface area is 217 Å². The fourth-order valence-electron chi connectivity index (χ4n) is 3.46. The van der Waals surface area contributed by atoms with Crippen LogP contribution in [0.15, 0.2) is 46.3 Å². The Morgan fingerprint density at radius 2 is 2.11 bits per heavy atom. The van der Waals surface area contributed by atoms with Gasteiger partial charge < -0.3 is 26.1 Å². The van der Waals surface area contributed by atoms with Gasteiger partial charge in [-0.2, -0.15) is 0 Å². The lowest BCUT2D eigenvalue weighted by Crippen LogP contribution is -2.71. The summed E-state index contributed by atoms with van der Waals surface area (Å²) in [5, 5.41) is 30.4. The quantitative estimate of drug-likeness (QED) is 0.135. The lowest BCUT2D eigenvalue weighted by atomic mass is 10.0. The Morgan fingerprint density at radius 1 is 1.35 bits per heavy atom. The SMILES string of the molecule is CC(C)(O/N=C(\C(=O)N[C@@H]1C(=O)N2C(C(=O)O)=C(C[n+]3ccccn3)CS[C@H]12)c1csc(N)n1)C(=O)O. The van der Waals surface area contributed by atoms with Crippen LogP contribution in [-0.4, -0.2) is 77.4 Å². The van der Waals surface area contributed by atoms with E-state index in [1.54, 1.807) is 29.2 Å². The predicted molar refractivity (Wildman–Crippen MR) is 130 cm³/mol. The number of carboxylic acids is 2. The number of carboxylic acid groups (broad SMARTS) is 2. The number of nitrogens with one attached hydrogen (secondary N) is 1. The van der Waals surface area contributed by atoms with E-state index < -0.39 is 40.8 Å². The highest BCUT2D eigenvalue weighted by Gasteiger charge is 2.55. The fourth-order valence-corrected chi connectivity index (χ4v) is 5.35. The smallest absolute Gasteiger partial charge is 0.352 e. The number of thiazole rings is 1. The van der Waals surface area contributed by atoms with E-state index in [9.17, 15) is 29.4 Å². The van der Waals surface area contributed by atoms with Gasteiger partial charge in [0.15, 0.2) is 23.6 Å². The molecule has 0 saturated carbocycles. The standard InChI is InChI=1S/C21H21N7O7S2/c1-21(2,19(33)34)35-26-12(11-9-37-20(22)24-11)15(29)25-13-16(30)28-14(18(31)32)10(8-36-17(13)28)7-27-6-4-3-5-23-27/h3-6,9,13,17H,7-8H2,1-2H3,(H4-,22,24,25,29,31,32,33,34)/p+1/b26-12-/t13-,17-/m1/s1. The number of anilines is 1. The molecule has 0 aliphatic carbocycles. The molecule has 2 amide bonds. The molecule has 2 aromatic rings. The number of nitrogens with zero attached hydrogens (tertiary/aromatic N) is 5. The molecule has 1 fully saturated rings. The highest BCUT2D eigenvalue weighted by molar-refractivity contribution is 8.00. The molecule has 4 rings (SSSR count). The van der Waals surface area contributed by atoms with Gasteiger partial charge in [-0.05, 0) is 25.0 Å². The van der Waals surface area contributed by atoms with E-state index in [2.05, 4.69) is 20.6 Å². The minimum Gasteiger partial charge on any atom is -0.478 e. The molecular formula is C21H22N7O7S2+. The summed E-state index contributed by atoms with van der Waals surface area (Å²) in [6.45, 7) is 2.68. The first-order valence-electron chi connectivity index (χ1n) is 10.7. The molecule has 5 N–H and O–H groups in total. The van der Waals surface area contributed by atoms with Crippen LogP contribution in [0.2, 0.25) is 0 Å². The summed E-state index contributed by atoms with van der Waals surface area (Å²) in [4.78, 5) is 59.8. The number of amides is 2. The number of fused-ring (bicyclic) bond motifs is 1. The number of β-lactam (4-membered cyclic amide) rings is 1. The molecular weight excluding hydrogens is 526 g/mol. The van der Waals surface area contributed by atoms with Gasteiger partial charge in [-0.25, -0.2) is 14.6 Å². The normalized spacial score (nSPS) is 19.7. The Kier molecular flexibility index (Phi) is 7.13. The molecule has 0 radical (unpaired) electrons. The number of oxime groups is 1. The molecule has 2 atom stereocenters. The Bertz CT molecular complexity index is 1330. The molecule has 0 spiro atoms. The van der Waals surface area contributed by atoms with Crippen LogP contribution in [0.1, 0.15) is 19.5 Å². The summed E-state index contributed by atoms with van der Waals surface area (Å²) in [6.07, 6.45) is 3.25. The predicted octanol–water partition coefficient (Wildman–Crippen LogP) is -0.569. The van der Waals surface area contributed by atoms with Crippen LogP contribution in [0.3, 0.4) is 0 Å². The third kappa shape index (κ3) is 5.24. The average molecular weight is 549 g/mol. The zero-order valence-electron chi connectivity index (χ0n) is 19.5. The molecule has 1 saturated heterocycles. The molecule has 4 heterocycles. The highest BCUT2D eigenvalue weighted by atomic mass is 32.2. The van der Waals surface area contributed by atoms with Crippen molar-refractivity contribution in [1.29, 1.82) is 0 Å². The van der Waals surface area contributed by atoms with E-state index in [1.807, 2.05) is 0 Å². The Morgan fingerprint density at radius 3 is 2.70 bits per heavy atom. The second kappa shape index (κ2) is 10.1. The summed E-state index contributed by atoms with van der Waals surface area (Å²) >= 11 is 2.32. The number of hydrogen-bond acceptors (Lipinski definition) is 11. The Hall–Kier alpha value is -4.05. The van der Waals surface area contributed by atoms with Crippen molar-refractivity contribution < 1.29 is 38.9 Å². The first-order valence-corrected chi connectivity index (χ1v) is 12.6. The summed E-state index contributed by atoms with van der Waals surface area (Å²) in [5.74, 6) is -3.76. The van der Waals surface area contributed by atoms with E-state index in [4.69, 9.17) is 10.6 Å². The van der Waals surface area contributed by atoms with Gasteiger partial charge in [-0.1, -0.05) is 9.84 Å². The van der Waals surface area contributed by atoms with Crippen molar-refractivity contribution in [2.75, 3.05) is 11.5 Å². The van der Waals surface area contributed by atoms with Gasteiger partial charge in [0.1, 0.15) is 22.8 Å². The van der Waals surface area contributed by atoms with Gasteiger partial charge in [0.05, 0.1) is 6.20 Å². The summed E-state index contributed by atoms with van der Waals surface area (Å²) in [6, 6.07) is 2.43. The van der Waals surface area contributed by atoms with Gasteiger partial charge in [0.2, 0.25) is 5.60 Å². The number of aliphatic carboxylic acids is 2. The van der Waals surface area contributed by atoms with Gasteiger partial charge in [-0.15, -0.1) is 23.1 Å². The first kappa shape index (κ1) is 26.0. The van der Waals surface area contributed by atoms with Crippen molar-refractivity contribution in [2.24, 2.45) is 5.16 Å². The zero-order valence-corrected chi connectivity index (χ0v) is 21.2. The number of carbonyl (C=O) groups is 4. The lowest BCUT2D eigenvalue weighted by Gasteiger charge is -2.49. The number of nitrogen functional groups attached to an aromatic ring is 1. The van der Waals surface area contributed by atoms with E-state index in [-0.39, 0.29) is 28.8 Å². The molecule has 2 aromatic heterocycles. The van der Waals surface area contributed by atoms with Crippen LogP contribution in [-0.2, 0) is 30.6 Å². The molecule has 2 aliphatic heterocycles. The lowest BCUT2D eigenvalue weighted by molar-refractivity contribution is -0.746. The topological polar surface area (TPSA) is 201 Å². The number of aromatic nitrogens is 3. The van der Waals surface area contributed by atoms with Crippen LogP contribution in [0, 0.1) is 0 Å². The molecule has 0 aromatic carbocycles. The number of hydrogen-bond donors (Lipinski definition) is 4.